The fraction of sp³-hybridized carbons (Fsp3) is 0.929. The molecule has 1 rings (SSSR count). The molecule has 0 bridgehead atoms. The van der Waals surface area contributed by atoms with E-state index < -0.39 is 0 Å². The smallest absolute Gasteiger partial charge is 0.233 e. The van der Waals surface area contributed by atoms with Gasteiger partial charge in [-0.15, -0.1) is 0 Å². The summed E-state index contributed by atoms with van der Waals surface area (Å²) in [6.07, 6.45) is 8.25. The molecule has 1 saturated carbocycles. The van der Waals surface area contributed by atoms with Gasteiger partial charge in [0, 0.05) is 17.8 Å². The van der Waals surface area contributed by atoms with Gasteiger partial charge in [0.15, 0.2) is 0 Å². The van der Waals surface area contributed by atoms with E-state index in [0.29, 0.717) is 18.5 Å². The minimum absolute atomic E-state index is 0.141. The van der Waals surface area contributed by atoms with Crippen LogP contribution >= 0.6 is 11.8 Å². The van der Waals surface area contributed by atoms with E-state index in [0.717, 1.165) is 18.2 Å². The molecule has 1 aliphatic rings. The molecule has 0 aliphatic heterocycles. The summed E-state index contributed by atoms with van der Waals surface area (Å²) in [4.78, 5) is 11.6. The van der Waals surface area contributed by atoms with Crippen LogP contribution in [0.25, 0.3) is 0 Å². The molecule has 0 aromatic heterocycles. The van der Waals surface area contributed by atoms with Gasteiger partial charge in [-0.2, -0.15) is 11.8 Å². The lowest BCUT2D eigenvalue weighted by Gasteiger charge is -2.27. The zero-order chi connectivity index (χ0) is 13.4. The van der Waals surface area contributed by atoms with Crippen molar-refractivity contribution in [3.63, 3.8) is 0 Å². The Balaban J connectivity index is 2.04. The predicted molar refractivity (Wildman–Crippen MR) is 80.0 cm³/mol. The van der Waals surface area contributed by atoms with E-state index >= 15 is 0 Å². The maximum atomic E-state index is 11.6. The lowest BCUT2D eigenvalue weighted by molar-refractivity contribution is -0.120. The third-order valence-electron chi connectivity index (χ3n) is 3.60. The van der Waals surface area contributed by atoms with Crippen LogP contribution < -0.4 is 10.6 Å². The average Bonchev–Trinajstić information content (AvgIpc) is 2.36. The van der Waals surface area contributed by atoms with Crippen molar-refractivity contribution in [1.29, 1.82) is 0 Å². The fourth-order valence-electron chi connectivity index (χ4n) is 2.30. The maximum absolute atomic E-state index is 11.6. The molecule has 106 valence electrons. The monoisotopic (exact) mass is 272 g/mol. The van der Waals surface area contributed by atoms with Crippen LogP contribution in [0, 0.1) is 5.92 Å². The highest BCUT2D eigenvalue weighted by atomic mass is 32.2. The topological polar surface area (TPSA) is 41.1 Å². The molecule has 4 heteroatoms. The van der Waals surface area contributed by atoms with Gasteiger partial charge in [-0.25, -0.2) is 0 Å². The number of rotatable bonds is 7. The molecule has 18 heavy (non-hydrogen) atoms. The molecule has 1 amide bonds. The Morgan fingerprint density at radius 2 is 1.94 bits per heavy atom. The summed E-state index contributed by atoms with van der Waals surface area (Å²) >= 11 is 1.98. The molecule has 1 aliphatic carbocycles. The summed E-state index contributed by atoms with van der Waals surface area (Å²) in [5.74, 6) is 0.794. The minimum atomic E-state index is 0.141. The number of thioether (sulfide) groups is 1. The van der Waals surface area contributed by atoms with Gasteiger partial charge in [0.25, 0.3) is 0 Å². The zero-order valence-electron chi connectivity index (χ0n) is 12.0. The first-order valence-corrected chi connectivity index (χ1v) is 8.43. The number of nitrogens with one attached hydrogen (secondary N) is 2. The van der Waals surface area contributed by atoms with E-state index in [1.807, 2.05) is 11.8 Å². The standard InChI is InChI=1S/C14H28N2OS/c1-11(2)8-9-15-14(17)10-16-12-4-6-13(18-3)7-5-12/h11-13,16H,4-10H2,1-3H3,(H,15,17). The number of amides is 1. The highest BCUT2D eigenvalue weighted by molar-refractivity contribution is 7.99. The van der Waals surface area contributed by atoms with Crippen molar-refractivity contribution in [2.75, 3.05) is 19.3 Å². The van der Waals surface area contributed by atoms with Crippen molar-refractivity contribution in [2.45, 2.75) is 57.2 Å². The van der Waals surface area contributed by atoms with Crippen molar-refractivity contribution < 1.29 is 4.79 Å². The largest absolute Gasteiger partial charge is 0.355 e. The Morgan fingerprint density at radius 1 is 1.28 bits per heavy atom. The van der Waals surface area contributed by atoms with Gasteiger partial charge in [-0.05, 0) is 44.3 Å². The third kappa shape index (κ3) is 6.64. The molecule has 1 fully saturated rings. The summed E-state index contributed by atoms with van der Waals surface area (Å²) in [5.41, 5.74) is 0. The van der Waals surface area contributed by atoms with Crippen LogP contribution in [-0.2, 0) is 4.79 Å². The van der Waals surface area contributed by atoms with Crippen LogP contribution in [-0.4, -0.2) is 36.5 Å². The van der Waals surface area contributed by atoms with Crippen LogP contribution in [0.4, 0.5) is 0 Å². The molecular formula is C14H28N2OS. The Kier molecular flexibility index (Phi) is 7.75. The summed E-state index contributed by atoms with van der Waals surface area (Å²) in [6, 6.07) is 0.546. The molecule has 0 spiro atoms. The van der Waals surface area contributed by atoms with E-state index in [4.69, 9.17) is 0 Å². The van der Waals surface area contributed by atoms with E-state index in [1.54, 1.807) is 0 Å². The summed E-state index contributed by atoms with van der Waals surface area (Å²) < 4.78 is 0. The van der Waals surface area contributed by atoms with Crippen molar-refractivity contribution >= 4 is 17.7 Å². The van der Waals surface area contributed by atoms with Crippen molar-refractivity contribution in [1.82, 2.24) is 10.6 Å². The highest BCUT2D eigenvalue weighted by Gasteiger charge is 2.20. The number of hydrogen-bond donors (Lipinski definition) is 2. The summed E-state index contributed by atoms with van der Waals surface area (Å²) in [7, 11) is 0. The molecule has 3 nitrogen and oxygen atoms in total. The molecule has 0 radical (unpaired) electrons. The molecular weight excluding hydrogens is 244 g/mol. The van der Waals surface area contributed by atoms with E-state index in [9.17, 15) is 4.79 Å². The SMILES string of the molecule is CSC1CCC(NCC(=O)NCCC(C)C)CC1. The van der Waals surface area contributed by atoms with Crippen LogP contribution in [0.1, 0.15) is 46.0 Å². The van der Waals surface area contributed by atoms with E-state index in [2.05, 4.69) is 30.7 Å². The second kappa shape index (κ2) is 8.81. The molecule has 0 atom stereocenters. The van der Waals surface area contributed by atoms with E-state index in [1.165, 1.54) is 25.7 Å². The van der Waals surface area contributed by atoms with Gasteiger partial charge in [0.05, 0.1) is 6.54 Å². The second-order valence-electron chi connectivity index (χ2n) is 5.62. The van der Waals surface area contributed by atoms with Crippen molar-refractivity contribution in [2.24, 2.45) is 5.92 Å². The highest BCUT2D eigenvalue weighted by Crippen LogP contribution is 2.26. The molecule has 0 aromatic rings. The van der Waals surface area contributed by atoms with Gasteiger partial charge in [0.1, 0.15) is 0 Å². The van der Waals surface area contributed by atoms with Crippen LogP contribution in [0.2, 0.25) is 0 Å². The van der Waals surface area contributed by atoms with Gasteiger partial charge < -0.3 is 10.6 Å². The maximum Gasteiger partial charge on any atom is 0.233 e. The first-order chi connectivity index (χ1) is 8.61. The van der Waals surface area contributed by atoms with Crippen molar-refractivity contribution in [3.8, 4) is 0 Å². The third-order valence-corrected chi connectivity index (χ3v) is 4.74. The quantitative estimate of drug-likeness (QED) is 0.748. The summed E-state index contributed by atoms with van der Waals surface area (Å²) in [5, 5.41) is 7.19. The zero-order valence-corrected chi connectivity index (χ0v) is 12.8. The van der Waals surface area contributed by atoms with Crippen LogP contribution in [0.3, 0.4) is 0 Å². The summed E-state index contributed by atoms with van der Waals surface area (Å²) in [6.45, 7) is 5.63. The second-order valence-corrected chi connectivity index (χ2v) is 6.76. The molecule has 0 heterocycles. The lowest BCUT2D eigenvalue weighted by Crippen LogP contribution is -2.41. The van der Waals surface area contributed by atoms with Gasteiger partial charge in [-0.1, -0.05) is 13.8 Å². The van der Waals surface area contributed by atoms with Gasteiger partial charge >= 0.3 is 0 Å². The average molecular weight is 272 g/mol. The molecule has 0 unspecified atom stereocenters. The first kappa shape index (κ1) is 15.8. The Morgan fingerprint density at radius 3 is 2.50 bits per heavy atom. The van der Waals surface area contributed by atoms with Crippen LogP contribution in [0.15, 0.2) is 0 Å². The normalized spacial score (nSPS) is 24.2. The fourth-order valence-corrected chi connectivity index (χ4v) is 3.05. The lowest BCUT2D eigenvalue weighted by atomic mass is 9.95. The predicted octanol–water partition coefficient (Wildman–Crippen LogP) is 2.41. The number of carbonyl (C=O) groups is 1. The first-order valence-electron chi connectivity index (χ1n) is 7.14. The van der Waals surface area contributed by atoms with E-state index in [-0.39, 0.29) is 5.91 Å². The number of hydrogen-bond acceptors (Lipinski definition) is 3. The number of carbonyl (C=O) groups excluding carboxylic acids is 1. The Hall–Kier alpha value is -0.220. The van der Waals surface area contributed by atoms with Gasteiger partial charge in [-0.3, -0.25) is 4.79 Å². The molecule has 0 aromatic carbocycles. The minimum Gasteiger partial charge on any atom is -0.355 e. The van der Waals surface area contributed by atoms with Gasteiger partial charge in [0.2, 0.25) is 5.91 Å². The Bertz CT molecular complexity index is 238. The Labute approximate surface area is 116 Å². The molecule has 0 saturated heterocycles. The molecule has 2 N–H and O–H groups in total. The van der Waals surface area contributed by atoms with Crippen molar-refractivity contribution in [3.05, 3.63) is 0 Å². The van der Waals surface area contributed by atoms with Crippen LogP contribution in [0.5, 0.6) is 0 Å².